The highest BCUT2D eigenvalue weighted by Crippen LogP contribution is 2.25. The lowest BCUT2D eigenvalue weighted by atomic mass is 9.96. The van der Waals surface area contributed by atoms with Crippen molar-refractivity contribution in [2.45, 2.75) is 40.0 Å². The first-order chi connectivity index (χ1) is 6.57. The average Bonchev–Trinajstić information content (AvgIpc) is 2.53. The lowest BCUT2D eigenvalue weighted by Crippen LogP contribution is -2.33. The Kier molecular flexibility index (Phi) is 4.78. The molecule has 1 unspecified atom stereocenters. The predicted octanol–water partition coefficient (Wildman–Crippen LogP) is 3.06. The topological polar surface area (TPSA) is 3.24 Å². The summed E-state index contributed by atoms with van der Waals surface area (Å²) in [6, 6.07) is 0. The van der Waals surface area contributed by atoms with Gasteiger partial charge in [0.2, 0.25) is 0 Å². The maximum absolute atomic E-state index is 4.41. The molecule has 1 saturated heterocycles. The molecule has 0 aromatic carbocycles. The summed E-state index contributed by atoms with van der Waals surface area (Å²) < 4.78 is 0. The Balaban J connectivity index is 2.28. The van der Waals surface area contributed by atoms with Crippen molar-refractivity contribution in [2.24, 2.45) is 11.3 Å². The maximum atomic E-state index is 4.41. The zero-order valence-corrected chi connectivity index (χ0v) is 10.8. The highest BCUT2D eigenvalue weighted by molar-refractivity contribution is 7.80. The summed E-state index contributed by atoms with van der Waals surface area (Å²) in [7, 11) is 0. The smallest absolute Gasteiger partial charge is 0.00406 e. The predicted molar refractivity (Wildman–Crippen MR) is 67.1 cm³/mol. The van der Waals surface area contributed by atoms with Crippen LogP contribution < -0.4 is 0 Å². The van der Waals surface area contributed by atoms with Crippen molar-refractivity contribution in [3.8, 4) is 0 Å². The van der Waals surface area contributed by atoms with Gasteiger partial charge in [-0.3, -0.25) is 0 Å². The van der Waals surface area contributed by atoms with E-state index in [4.69, 9.17) is 0 Å². The van der Waals surface area contributed by atoms with Crippen LogP contribution in [0.5, 0.6) is 0 Å². The molecule has 1 heterocycles. The summed E-state index contributed by atoms with van der Waals surface area (Å²) in [5.41, 5.74) is 0.379. The fraction of sp³-hybridized carbons (Fsp3) is 1.00. The monoisotopic (exact) mass is 215 g/mol. The first-order valence-corrected chi connectivity index (χ1v) is 6.54. The molecule has 0 radical (unpaired) electrons. The molecule has 1 aliphatic rings. The normalized spacial score (nSPS) is 24.4. The molecule has 1 rings (SSSR count). The van der Waals surface area contributed by atoms with Crippen LogP contribution in [0.25, 0.3) is 0 Å². The van der Waals surface area contributed by atoms with Gasteiger partial charge in [0.05, 0.1) is 0 Å². The molecule has 0 saturated carbocycles. The van der Waals surface area contributed by atoms with Crippen LogP contribution in [-0.2, 0) is 0 Å². The molecule has 0 amide bonds. The molecule has 0 aromatic rings. The molecule has 14 heavy (non-hydrogen) atoms. The first-order valence-electron chi connectivity index (χ1n) is 5.90. The van der Waals surface area contributed by atoms with E-state index in [1.807, 2.05) is 0 Å². The minimum absolute atomic E-state index is 0.379. The second kappa shape index (κ2) is 5.41. The van der Waals surface area contributed by atoms with E-state index in [0.29, 0.717) is 5.41 Å². The van der Waals surface area contributed by atoms with Crippen LogP contribution in [0.4, 0.5) is 0 Å². The second-order valence-electron chi connectivity index (χ2n) is 5.50. The standard InChI is InChI=1S/C12H25NS/c1-4-5-11-6-7-13(8-11)9-12(2,3)10-14/h11,14H,4-10H2,1-3H3. The minimum Gasteiger partial charge on any atom is -0.302 e. The van der Waals surface area contributed by atoms with E-state index in [1.165, 1.54) is 38.9 Å². The Morgan fingerprint density at radius 3 is 2.71 bits per heavy atom. The molecule has 2 heteroatoms. The quantitative estimate of drug-likeness (QED) is 0.690. The van der Waals surface area contributed by atoms with Gasteiger partial charge in [-0.15, -0.1) is 0 Å². The molecule has 0 bridgehead atoms. The summed E-state index contributed by atoms with van der Waals surface area (Å²) in [5, 5.41) is 0. The van der Waals surface area contributed by atoms with Crippen LogP contribution in [-0.4, -0.2) is 30.3 Å². The van der Waals surface area contributed by atoms with Gasteiger partial charge < -0.3 is 4.90 Å². The Hall–Kier alpha value is 0.310. The molecular formula is C12H25NS. The number of hydrogen-bond donors (Lipinski definition) is 1. The van der Waals surface area contributed by atoms with Crippen LogP contribution in [0, 0.1) is 11.3 Å². The van der Waals surface area contributed by atoms with Crippen molar-refractivity contribution in [2.75, 3.05) is 25.4 Å². The molecule has 1 fully saturated rings. The average molecular weight is 215 g/mol. The summed E-state index contributed by atoms with van der Waals surface area (Å²) >= 11 is 4.41. The lowest BCUT2D eigenvalue weighted by Gasteiger charge is -2.28. The van der Waals surface area contributed by atoms with Gasteiger partial charge in [-0.2, -0.15) is 12.6 Å². The number of thiol groups is 1. The number of nitrogens with zero attached hydrogens (tertiary/aromatic N) is 1. The molecule has 1 aliphatic heterocycles. The summed E-state index contributed by atoms with van der Waals surface area (Å²) in [4.78, 5) is 2.62. The van der Waals surface area contributed by atoms with Crippen LogP contribution in [0.1, 0.15) is 40.0 Å². The summed E-state index contributed by atoms with van der Waals surface area (Å²) in [6.45, 7) is 10.8. The fourth-order valence-electron chi connectivity index (χ4n) is 2.36. The molecule has 0 aromatic heterocycles. The Morgan fingerprint density at radius 1 is 1.43 bits per heavy atom. The Bertz CT molecular complexity index is 168. The van der Waals surface area contributed by atoms with Crippen LogP contribution in [0.3, 0.4) is 0 Å². The molecule has 0 N–H and O–H groups in total. The van der Waals surface area contributed by atoms with Gasteiger partial charge >= 0.3 is 0 Å². The lowest BCUT2D eigenvalue weighted by molar-refractivity contribution is 0.224. The fourth-order valence-corrected chi connectivity index (χ4v) is 2.46. The molecular weight excluding hydrogens is 190 g/mol. The van der Waals surface area contributed by atoms with E-state index in [2.05, 4.69) is 38.3 Å². The zero-order chi connectivity index (χ0) is 10.6. The third kappa shape index (κ3) is 3.82. The van der Waals surface area contributed by atoms with Crippen molar-refractivity contribution < 1.29 is 0 Å². The minimum atomic E-state index is 0.379. The molecule has 1 atom stereocenters. The second-order valence-corrected chi connectivity index (χ2v) is 5.82. The van der Waals surface area contributed by atoms with Gasteiger partial charge in [0, 0.05) is 13.1 Å². The Morgan fingerprint density at radius 2 is 2.14 bits per heavy atom. The van der Waals surface area contributed by atoms with Gasteiger partial charge in [0.15, 0.2) is 0 Å². The molecule has 0 spiro atoms. The van der Waals surface area contributed by atoms with Crippen LogP contribution >= 0.6 is 12.6 Å². The van der Waals surface area contributed by atoms with E-state index >= 15 is 0 Å². The van der Waals surface area contributed by atoms with E-state index in [1.54, 1.807) is 0 Å². The van der Waals surface area contributed by atoms with E-state index in [9.17, 15) is 0 Å². The van der Waals surface area contributed by atoms with Crippen molar-refractivity contribution in [3.63, 3.8) is 0 Å². The van der Waals surface area contributed by atoms with Crippen LogP contribution in [0.2, 0.25) is 0 Å². The van der Waals surface area contributed by atoms with Gasteiger partial charge in [0.1, 0.15) is 0 Å². The number of rotatable bonds is 5. The molecule has 1 nitrogen and oxygen atoms in total. The highest BCUT2D eigenvalue weighted by Gasteiger charge is 2.26. The molecule has 84 valence electrons. The van der Waals surface area contributed by atoms with E-state index < -0.39 is 0 Å². The van der Waals surface area contributed by atoms with Crippen molar-refractivity contribution in [1.29, 1.82) is 0 Å². The Labute approximate surface area is 94.7 Å². The first kappa shape index (κ1) is 12.4. The number of likely N-dealkylation sites (tertiary alicyclic amines) is 1. The van der Waals surface area contributed by atoms with Gasteiger partial charge in [-0.25, -0.2) is 0 Å². The molecule has 0 aliphatic carbocycles. The third-order valence-corrected chi connectivity index (χ3v) is 4.00. The number of hydrogen-bond acceptors (Lipinski definition) is 2. The maximum Gasteiger partial charge on any atom is 0.00406 e. The van der Waals surface area contributed by atoms with Crippen LogP contribution in [0.15, 0.2) is 0 Å². The van der Waals surface area contributed by atoms with Crippen molar-refractivity contribution in [1.82, 2.24) is 4.90 Å². The summed E-state index contributed by atoms with van der Waals surface area (Å²) in [6.07, 6.45) is 4.17. The third-order valence-electron chi connectivity index (χ3n) is 3.15. The van der Waals surface area contributed by atoms with E-state index in [-0.39, 0.29) is 0 Å². The van der Waals surface area contributed by atoms with E-state index in [0.717, 1.165) is 11.7 Å². The van der Waals surface area contributed by atoms with Gasteiger partial charge in [0.25, 0.3) is 0 Å². The van der Waals surface area contributed by atoms with Crippen molar-refractivity contribution >= 4 is 12.6 Å². The summed E-state index contributed by atoms with van der Waals surface area (Å²) in [5.74, 6) is 1.96. The largest absolute Gasteiger partial charge is 0.302 e. The van der Waals surface area contributed by atoms with Gasteiger partial charge in [-0.05, 0) is 36.5 Å². The van der Waals surface area contributed by atoms with Gasteiger partial charge in [-0.1, -0.05) is 27.2 Å². The van der Waals surface area contributed by atoms with Crippen molar-refractivity contribution in [3.05, 3.63) is 0 Å². The zero-order valence-electron chi connectivity index (χ0n) is 9.92. The highest BCUT2D eigenvalue weighted by atomic mass is 32.1. The SMILES string of the molecule is CCCC1CCN(CC(C)(C)CS)C1.